The van der Waals surface area contributed by atoms with Gasteiger partial charge in [0.15, 0.2) is 0 Å². The Morgan fingerprint density at radius 1 is 1.00 bits per heavy atom. The highest BCUT2D eigenvalue weighted by molar-refractivity contribution is 7.12. The average Bonchev–Trinajstić information content (AvgIpc) is 3.10. The van der Waals surface area contributed by atoms with Crippen molar-refractivity contribution in [2.75, 3.05) is 17.2 Å². The van der Waals surface area contributed by atoms with E-state index in [0.717, 1.165) is 0 Å². The van der Waals surface area contributed by atoms with Gasteiger partial charge in [-0.25, -0.2) is 4.79 Å². The van der Waals surface area contributed by atoms with E-state index in [0.29, 0.717) is 16.3 Å². The van der Waals surface area contributed by atoms with E-state index >= 15 is 0 Å². The molecule has 0 unspecified atom stereocenters. The van der Waals surface area contributed by atoms with Gasteiger partial charge in [0.25, 0.3) is 5.91 Å². The van der Waals surface area contributed by atoms with Crippen molar-refractivity contribution in [2.24, 2.45) is 0 Å². The smallest absolute Gasteiger partial charge is 0.319 e. The minimum atomic E-state index is -0.279. The molecule has 1 aromatic heterocycles. The molecule has 0 fully saturated rings. The molecule has 8 heteroatoms. The molecule has 0 radical (unpaired) electrons. The fourth-order valence-electron chi connectivity index (χ4n) is 2.07. The molecular weight excluding hydrogens is 352 g/mol. The normalized spacial score (nSPS) is 10.3. The Hall–Kier alpha value is -2.87. The highest BCUT2D eigenvalue weighted by Crippen LogP contribution is 2.14. The maximum Gasteiger partial charge on any atom is 0.319 e. The second kappa shape index (κ2) is 9.57. The van der Waals surface area contributed by atoms with Crippen LogP contribution in [-0.4, -0.2) is 30.4 Å². The first-order chi connectivity index (χ1) is 12.4. The standard InChI is InChI=1S/C18H22N4O3S/c1-12(2)20-18(25)22-14-7-5-13(6-8-14)21-16(23)9-10-19-17(24)15-4-3-11-26-15/h3-8,11-12H,9-10H2,1-2H3,(H,19,24)(H,21,23)(H2,20,22,25). The molecule has 2 aromatic rings. The fourth-order valence-corrected chi connectivity index (χ4v) is 2.71. The number of nitrogens with one attached hydrogen (secondary N) is 4. The van der Waals surface area contributed by atoms with Crippen LogP contribution in [0.5, 0.6) is 0 Å². The number of hydrogen-bond acceptors (Lipinski definition) is 4. The third-order valence-electron chi connectivity index (χ3n) is 3.23. The summed E-state index contributed by atoms with van der Waals surface area (Å²) in [6.07, 6.45) is 0.175. The van der Waals surface area contributed by atoms with Gasteiger partial charge in [-0.05, 0) is 49.6 Å². The molecule has 4 N–H and O–H groups in total. The molecule has 1 aromatic carbocycles. The number of anilines is 2. The molecule has 0 saturated heterocycles. The number of thiophene rings is 1. The predicted octanol–water partition coefficient (Wildman–Crippen LogP) is 3.04. The van der Waals surface area contributed by atoms with Crippen molar-refractivity contribution < 1.29 is 14.4 Å². The molecule has 138 valence electrons. The first-order valence-electron chi connectivity index (χ1n) is 8.23. The van der Waals surface area contributed by atoms with Crippen molar-refractivity contribution in [3.63, 3.8) is 0 Å². The van der Waals surface area contributed by atoms with Crippen molar-refractivity contribution in [3.05, 3.63) is 46.7 Å². The largest absolute Gasteiger partial charge is 0.351 e. The number of hydrogen-bond donors (Lipinski definition) is 4. The molecular formula is C18H22N4O3S. The molecule has 0 saturated carbocycles. The molecule has 0 spiro atoms. The molecule has 1 heterocycles. The molecule has 7 nitrogen and oxygen atoms in total. The maximum absolute atomic E-state index is 11.9. The van der Waals surface area contributed by atoms with Gasteiger partial charge in [-0.2, -0.15) is 0 Å². The number of carbonyl (C=O) groups excluding carboxylic acids is 3. The number of carbonyl (C=O) groups is 3. The van der Waals surface area contributed by atoms with E-state index in [1.165, 1.54) is 11.3 Å². The minimum Gasteiger partial charge on any atom is -0.351 e. The van der Waals surface area contributed by atoms with Gasteiger partial charge in [-0.3, -0.25) is 9.59 Å². The molecule has 0 aliphatic carbocycles. The quantitative estimate of drug-likeness (QED) is 0.599. The van der Waals surface area contributed by atoms with Gasteiger partial charge < -0.3 is 21.3 Å². The van der Waals surface area contributed by atoms with Crippen LogP contribution in [0.2, 0.25) is 0 Å². The van der Waals surface area contributed by atoms with Crippen LogP contribution in [0.25, 0.3) is 0 Å². The Kier molecular flexibility index (Phi) is 7.16. The van der Waals surface area contributed by atoms with E-state index in [1.54, 1.807) is 36.4 Å². The van der Waals surface area contributed by atoms with Gasteiger partial charge in [-0.15, -0.1) is 11.3 Å². The summed E-state index contributed by atoms with van der Waals surface area (Å²) in [6, 6.07) is 10.1. The van der Waals surface area contributed by atoms with Crippen LogP contribution >= 0.6 is 11.3 Å². The molecule has 26 heavy (non-hydrogen) atoms. The first-order valence-corrected chi connectivity index (χ1v) is 9.11. The van der Waals surface area contributed by atoms with Gasteiger partial charge in [0, 0.05) is 30.4 Å². The van der Waals surface area contributed by atoms with Gasteiger partial charge in [0.05, 0.1) is 4.88 Å². The molecule has 4 amide bonds. The zero-order valence-corrected chi connectivity index (χ0v) is 15.5. The van der Waals surface area contributed by atoms with Gasteiger partial charge in [0.2, 0.25) is 5.91 Å². The lowest BCUT2D eigenvalue weighted by molar-refractivity contribution is -0.116. The summed E-state index contributed by atoms with van der Waals surface area (Å²) in [5.74, 6) is -0.377. The van der Waals surface area contributed by atoms with Gasteiger partial charge >= 0.3 is 6.03 Å². The highest BCUT2D eigenvalue weighted by Gasteiger charge is 2.08. The number of rotatable bonds is 7. The SMILES string of the molecule is CC(C)NC(=O)Nc1ccc(NC(=O)CCNC(=O)c2cccs2)cc1. The van der Waals surface area contributed by atoms with Gasteiger partial charge in [-0.1, -0.05) is 6.07 Å². The zero-order valence-electron chi connectivity index (χ0n) is 14.7. The van der Waals surface area contributed by atoms with Crippen molar-refractivity contribution in [1.29, 1.82) is 0 Å². The molecule has 2 rings (SSSR count). The maximum atomic E-state index is 11.9. The van der Waals surface area contributed by atoms with Crippen molar-refractivity contribution in [3.8, 4) is 0 Å². The van der Waals surface area contributed by atoms with Crippen molar-refractivity contribution in [2.45, 2.75) is 26.3 Å². The number of urea groups is 1. The molecule has 0 atom stereocenters. The topological polar surface area (TPSA) is 99.3 Å². The minimum absolute atomic E-state index is 0.0499. The second-order valence-electron chi connectivity index (χ2n) is 5.86. The van der Waals surface area contributed by atoms with E-state index in [9.17, 15) is 14.4 Å². The Labute approximate surface area is 156 Å². The number of benzene rings is 1. The van der Waals surface area contributed by atoms with Gasteiger partial charge in [0.1, 0.15) is 0 Å². The van der Waals surface area contributed by atoms with Crippen molar-refractivity contribution in [1.82, 2.24) is 10.6 Å². The fraction of sp³-hybridized carbons (Fsp3) is 0.278. The average molecular weight is 374 g/mol. The van der Waals surface area contributed by atoms with Crippen LogP contribution in [-0.2, 0) is 4.79 Å². The van der Waals surface area contributed by atoms with Crippen LogP contribution in [0.4, 0.5) is 16.2 Å². The zero-order chi connectivity index (χ0) is 18.9. The summed E-state index contributed by atoms with van der Waals surface area (Å²) in [6.45, 7) is 4.01. The summed E-state index contributed by atoms with van der Waals surface area (Å²) < 4.78 is 0. The predicted molar refractivity (Wildman–Crippen MR) is 104 cm³/mol. The Morgan fingerprint density at radius 3 is 2.23 bits per heavy atom. The highest BCUT2D eigenvalue weighted by atomic mass is 32.1. The molecule has 0 aliphatic heterocycles. The second-order valence-corrected chi connectivity index (χ2v) is 6.81. The molecule has 0 bridgehead atoms. The first kappa shape index (κ1) is 19.5. The lowest BCUT2D eigenvalue weighted by Crippen LogP contribution is -2.34. The lowest BCUT2D eigenvalue weighted by Gasteiger charge is -2.11. The Bertz CT molecular complexity index is 742. The summed E-state index contributed by atoms with van der Waals surface area (Å²) in [7, 11) is 0. The monoisotopic (exact) mass is 374 g/mol. The summed E-state index contributed by atoms with van der Waals surface area (Å²) in [5, 5.41) is 12.7. The van der Waals surface area contributed by atoms with Crippen LogP contribution in [0.1, 0.15) is 29.9 Å². The number of amides is 4. The Morgan fingerprint density at radius 2 is 1.65 bits per heavy atom. The summed E-state index contributed by atoms with van der Waals surface area (Å²) in [4.78, 5) is 35.9. The van der Waals surface area contributed by atoms with Crippen LogP contribution in [0, 0.1) is 0 Å². The van der Waals surface area contributed by atoms with Crippen LogP contribution in [0.3, 0.4) is 0 Å². The summed E-state index contributed by atoms with van der Waals surface area (Å²) >= 11 is 1.35. The van der Waals surface area contributed by atoms with E-state index < -0.39 is 0 Å². The third kappa shape index (κ3) is 6.56. The summed E-state index contributed by atoms with van der Waals surface area (Å²) in [5.41, 5.74) is 1.25. The van der Waals surface area contributed by atoms with E-state index in [2.05, 4.69) is 21.3 Å². The lowest BCUT2D eigenvalue weighted by atomic mass is 10.2. The van der Waals surface area contributed by atoms with E-state index in [4.69, 9.17) is 0 Å². The van der Waals surface area contributed by atoms with Crippen LogP contribution in [0.15, 0.2) is 41.8 Å². The van der Waals surface area contributed by atoms with E-state index in [-0.39, 0.29) is 36.9 Å². The molecule has 0 aliphatic rings. The van der Waals surface area contributed by atoms with E-state index in [1.807, 2.05) is 19.2 Å². The van der Waals surface area contributed by atoms with Crippen molar-refractivity contribution >= 4 is 40.6 Å². The van der Waals surface area contributed by atoms with Crippen LogP contribution < -0.4 is 21.3 Å². The Balaban J connectivity index is 1.73. The third-order valence-corrected chi connectivity index (χ3v) is 4.10.